The van der Waals surface area contributed by atoms with Gasteiger partial charge in [0.15, 0.2) is 6.10 Å². The third-order valence-electron chi connectivity index (χ3n) is 10.1. The Labute approximate surface area is 369 Å². The predicted molar refractivity (Wildman–Crippen MR) is 256 cm³/mol. The monoisotopic (exact) mass is 835 g/mol. The number of hydrogen-bond donors (Lipinski definition) is 0. The normalized spacial score (nSPS) is 12.8. The van der Waals surface area contributed by atoms with E-state index in [-0.39, 0.29) is 31.6 Å². The maximum Gasteiger partial charge on any atom is 0.306 e. The van der Waals surface area contributed by atoms with Crippen molar-refractivity contribution >= 4 is 17.9 Å². The number of esters is 3. The molecule has 342 valence electrons. The van der Waals surface area contributed by atoms with Gasteiger partial charge in [0.05, 0.1) is 0 Å². The Morgan fingerprint density at radius 1 is 0.350 bits per heavy atom. The van der Waals surface area contributed by atoms with Crippen LogP contribution < -0.4 is 0 Å². The van der Waals surface area contributed by atoms with Gasteiger partial charge in [0.2, 0.25) is 0 Å². The van der Waals surface area contributed by atoms with Crippen molar-refractivity contribution in [2.24, 2.45) is 0 Å². The van der Waals surface area contributed by atoms with Crippen molar-refractivity contribution in [3.8, 4) is 0 Å². The first-order valence-electron chi connectivity index (χ1n) is 24.6. The van der Waals surface area contributed by atoms with E-state index in [1.54, 1.807) is 0 Å². The first-order valence-corrected chi connectivity index (χ1v) is 24.6. The van der Waals surface area contributed by atoms with Crippen molar-refractivity contribution in [3.63, 3.8) is 0 Å². The van der Waals surface area contributed by atoms with Crippen LogP contribution in [-0.2, 0) is 28.6 Å². The molecule has 0 N–H and O–H groups in total. The summed E-state index contributed by atoms with van der Waals surface area (Å²) in [5.74, 6) is -1.01. The van der Waals surface area contributed by atoms with Gasteiger partial charge in [0, 0.05) is 19.3 Å². The first kappa shape index (κ1) is 56.6. The minimum absolute atomic E-state index is 0.108. The average Bonchev–Trinajstić information content (AvgIpc) is 3.24. The summed E-state index contributed by atoms with van der Waals surface area (Å²) in [5, 5.41) is 0. The van der Waals surface area contributed by atoms with Crippen LogP contribution in [0.3, 0.4) is 0 Å². The summed E-state index contributed by atoms with van der Waals surface area (Å²) in [6, 6.07) is 0. The molecule has 6 nitrogen and oxygen atoms in total. The number of rotatable bonds is 43. The molecule has 0 amide bonds. The Bertz CT molecular complexity index is 1190. The highest BCUT2D eigenvalue weighted by molar-refractivity contribution is 5.71. The molecule has 0 radical (unpaired) electrons. The van der Waals surface area contributed by atoms with E-state index in [0.717, 1.165) is 83.5 Å². The zero-order valence-electron chi connectivity index (χ0n) is 38.9. The minimum atomic E-state index is -0.816. The van der Waals surface area contributed by atoms with E-state index in [1.807, 2.05) is 12.2 Å². The lowest BCUT2D eigenvalue weighted by Crippen LogP contribution is -2.30. The first-order chi connectivity index (χ1) is 29.5. The van der Waals surface area contributed by atoms with E-state index >= 15 is 0 Å². The van der Waals surface area contributed by atoms with E-state index < -0.39 is 12.1 Å². The Kier molecular flexibility index (Phi) is 45.5. The molecule has 0 saturated heterocycles. The topological polar surface area (TPSA) is 78.9 Å². The quantitative estimate of drug-likeness (QED) is 0.0263. The summed E-state index contributed by atoms with van der Waals surface area (Å²) in [4.78, 5) is 37.8. The molecule has 0 aliphatic carbocycles. The molecule has 1 atom stereocenters. The number of allylic oxidation sites excluding steroid dienone is 14. The number of ether oxygens (including phenoxy) is 3. The molecule has 0 aliphatic rings. The molecule has 0 spiro atoms. The number of hydrogen-bond acceptors (Lipinski definition) is 6. The van der Waals surface area contributed by atoms with Gasteiger partial charge < -0.3 is 14.2 Å². The third kappa shape index (κ3) is 45.7. The van der Waals surface area contributed by atoms with Gasteiger partial charge in [-0.1, -0.05) is 202 Å². The zero-order chi connectivity index (χ0) is 43.7. The van der Waals surface area contributed by atoms with Gasteiger partial charge >= 0.3 is 17.9 Å². The van der Waals surface area contributed by atoms with Crippen LogP contribution in [-0.4, -0.2) is 37.2 Å². The van der Waals surface area contributed by atoms with Gasteiger partial charge in [-0.3, -0.25) is 14.4 Å². The number of carbonyl (C=O) groups excluding carboxylic acids is 3. The van der Waals surface area contributed by atoms with E-state index in [0.29, 0.717) is 19.3 Å². The number of carbonyl (C=O) groups is 3. The van der Waals surface area contributed by atoms with Crippen LogP contribution in [0.5, 0.6) is 0 Å². The molecule has 0 aromatic rings. The fraction of sp³-hybridized carbons (Fsp3) is 0.685. The van der Waals surface area contributed by atoms with Crippen molar-refractivity contribution in [1.82, 2.24) is 0 Å². The van der Waals surface area contributed by atoms with Gasteiger partial charge in [-0.25, -0.2) is 0 Å². The van der Waals surface area contributed by atoms with Gasteiger partial charge in [0.25, 0.3) is 0 Å². The summed E-state index contributed by atoms with van der Waals surface area (Å²) in [7, 11) is 0. The molecular formula is C54H90O6. The highest BCUT2D eigenvalue weighted by Gasteiger charge is 2.19. The summed E-state index contributed by atoms with van der Waals surface area (Å²) < 4.78 is 16.7. The molecule has 60 heavy (non-hydrogen) atoms. The lowest BCUT2D eigenvalue weighted by Gasteiger charge is -2.18. The molecule has 1 unspecified atom stereocenters. The summed E-state index contributed by atoms with van der Waals surface area (Å²) in [6.45, 7) is 6.40. The molecule has 0 rings (SSSR count). The van der Waals surface area contributed by atoms with Gasteiger partial charge in [-0.2, -0.15) is 0 Å². The summed E-state index contributed by atoms with van der Waals surface area (Å²) in [6.07, 6.45) is 61.5. The number of unbranched alkanes of at least 4 members (excludes halogenated alkanes) is 18. The fourth-order valence-corrected chi connectivity index (χ4v) is 6.46. The molecular weight excluding hydrogens is 745 g/mol. The standard InChI is InChI=1S/C54H90O6/c1-4-7-10-13-16-19-21-23-25-27-29-30-32-35-38-41-44-47-53(56)59-50-51(49-58-52(55)46-43-40-37-34-18-15-12-9-6-3)60-54(57)48-45-42-39-36-33-31-28-26-24-22-20-17-14-11-8-5-2/h8,11,16-17,19-20,23-26,31,33,39,42,51H,4-7,9-10,12-15,18,21-22,27-30,32,34-38,40-41,43-50H2,1-3H3/b11-8-,19-16-,20-17-,25-23-,26-24-,33-31-,42-39-. The molecule has 6 heteroatoms. The largest absolute Gasteiger partial charge is 0.462 e. The zero-order valence-corrected chi connectivity index (χ0v) is 38.9. The second-order valence-electron chi connectivity index (χ2n) is 16.0. The van der Waals surface area contributed by atoms with E-state index in [4.69, 9.17) is 14.2 Å². The van der Waals surface area contributed by atoms with Crippen molar-refractivity contribution in [2.75, 3.05) is 13.2 Å². The van der Waals surface area contributed by atoms with Gasteiger partial charge in [-0.15, -0.1) is 0 Å². The highest BCUT2D eigenvalue weighted by Crippen LogP contribution is 2.13. The Balaban J connectivity index is 4.46. The van der Waals surface area contributed by atoms with Crippen molar-refractivity contribution in [3.05, 3.63) is 85.1 Å². The summed E-state index contributed by atoms with van der Waals surface area (Å²) in [5.41, 5.74) is 0. The van der Waals surface area contributed by atoms with Crippen molar-refractivity contribution in [1.29, 1.82) is 0 Å². The third-order valence-corrected chi connectivity index (χ3v) is 10.1. The predicted octanol–water partition coefficient (Wildman–Crippen LogP) is 16.0. The second-order valence-corrected chi connectivity index (χ2v) is 16.0. The van der Waals surface area contributed by atoms with Crippen LogP contribution in [0.25, 0.3) is 0 Å². The molecule has 0 heterocycles. The average molecular weight is 835 g/mol. The Morgan fingerprint density at radius 2 is 0.683 bits per heavy atom. The maximum atomic E-state index is 12.7. The lowest BCUT2D eigenvalue weighted by atomic mass is 10.1. The van der Waals surface area contributed by atoms with Crippen LogP contribution in [0.4, 0.5) is 0 Å². The minimum Gasteiger partial charge on any atom is -0.462 e. The van der Waals surface area contributed by atoms with Gasteiger partial charge in [0.1, 0.15) is 13.2 Å². The smallest absolute Gasteiger partial charge is 0.306 e. The van der Waals surface area contributed by atoms with E-state index in [2.05, 4.69) is 93.7 Å². The molecule has 0 aromatic heterocycles. The van der Waals surface area contributed by atoms with Crippen LogP contribution in [0.1, 0.15) is 220 Å². The summed E-state index contributed by atoms with van der Waals surface area (Å²) >= 11 is 0. The fourth-order valence-electron chi connectivity index (χ4n) is 6.46. The molecule has 0 saturated carbocycles. The van der Waals surface area contributed by atoms with E-state index in [9.17, 15) is 14.4 Å². The van der Waals surface area contributed by atoms with Crippen molar-refractivity contribution < 1.29 is 28.6 Å². The maximum absolute atomic E-state index is 12.7. The van der Waals surface area contributed by atoms with Crippen molar-refractivity contribution in [2.45, 2.75) is 226 Å². The lowest BCUT2D eigenvalue weighted by molar-refractivity contribution is -0.166. The second kappa shape index (κ2) is 48.3. The highest BCUT2D eigenvalue weighted by atomic mass is 16.6. The Hall–Kier alpha value is -3.41. The molecule has 0 aromatic carbocycles. The molecule has 0 fully saturated rings. The Morgan fingerprint density at radius 3 is 1.12 bits per heavy atom. The SMILES string of the molecule is CC/C=C\C/C=C\C/C=C\C/C=C\C/C=C\CCC(=O)OC(COC(=O)CCCCCCCCC/C=C\C/C=C\CCCCC)COC(=O)CCCCCCCCCCC. The molecule has 0 aliphatic heterocycles. The van der Waals surface area contributed by atoms with Crippen LogP contribution in [0.2, 0.25) is 0 Å². The van der Waals surface area contributed by atoms with Crippen LogP contribution >= 0.6 is 0 Å². The van der Waals surface area contributed by atoms with E-state index in [1.165, 1.54) is 89.9 Å². The van der Waals surface area contributed by atoms with Crippen LogP contribution in [0, 0.1) is 0 Å². The van der Waals surface area contributed by atoms with Gasteiger partial charge in [-0.05, 0) is 83.5 Å². The molecule has 0 bridgehead atoms. The van der Waals surface area contributed by atoms with Crippen LogP contribution in [0.15, 0.2) is 85.1 Å².